The monoisotopic (exact) mass is 672 g/mol. The third kappa shape index (κ3) is 7.74. The third-order valence-electron chi connectivity index (χ3n) is 6.47. The zero-order valence-corrected chi connectivity index (χ0v) is 25.8. The van der Waals surface area contributed by atoms with Crippen LogP contribution in [-0.2, 0) is 24.6 Å². The van der Waals surface area contributed by atoms with Crippen LogP contribution in [0.15, 0.2) is 42.6 Å². The van der Waals surface area contributed by atoms with E-state index in [1.807, 2.05) is 0 Å². The summed E-state index contributed by atoms with van der Waals surface area (Å²) < 4.78 is 73.2. The first kappa shape index (κ1) is 33.7. The summed E-state index contributed by atoms with van der Waals surface area (Å²) in [6.07, 6.45) is -6.67. The fourth-order valence-electron chi connectivity index (χ4n) is 4.09. The Morgan fingerprint density at radius 2 is 1.80 bits per heavy atom. The first-order valence-electron chi connectivity index (χ1n) is 13.2. The molecule has 0 spiro atoms. The van der Waals surface area contributed by atoms with Gasteiger partial charge in [0, 0.05) is 31.3 Å². The van der Waals surface area contributed by atoms with Gasteiger partial charge in [0.25, 0.3) is 12.3 Å². The van der Waals surface area contributed by atoms with Gasteiger partial charge in [0.1, 0.15) is 18.2 Å². The Bertz CT molecular complexity index is 1760. The number of ether oxygens (including phenoxy) is 1. The van der Waals surface area contributed by atoms with E-state index in [0.29, 0.717) is 11.1 Å². The molecule has 9 nitrogen and oxygen atoms in total. The number of halogens is 7. The molecule has 3 N–H and O–H groups in total. The molecular formula is C29H27Cl2F5N6O3. The highest BCUT2D eigenvalue weighted by Gasteiger charge is 2.35. The number of amides is 2. The predicted octanol–water partition coefficient (Wildman–Crippen LogP) is 7.60. The summed E-state index contributed by atoms with van der Waals surface area (Å²) in [6.45, 7) is 4.32. The van der Waals surface area contributed by atoms with Crippen molar-refractivity contribution in [3.8, 4) is 5.75 Å². The quantitative estimate of drug-likeness (QED) is 0.158. The molecule has 2 amide bonds. The van der Waals surface area contributed by atoms with Crippen molar-refractivity contribution in [2.45, 2.75) is 39.9 Å². The molecule has 4 aromatic rings. The molecule has 0 bridgehead atoms. The molecule has 0 aliphatic carbocycles. The van der Waals surface area contributed by atoms with Gasteiger partial charge >= 0.3 is 6.18 Å². The van der Waals surface area contributed by atoms with Crippen molar-refractivity contribution < 1.29 is 36.3 Å². The number of aryl methyl sites for hydroxylation is 1. The molecule has 0 radical (unpaired) electrons. The maximum absolute atomic E-state index is 13.5. The van der Waals surface area contributed by atoms with E-state index in [2.05, 4.69) is 25.9 Å². The highest BCUT2D eigenvalue weighted by atomic mass is 35.5. The maximum atomic E-state index is 13.5. The first-order valence-corrected chi connectivity index (χ1v) is 14.0. The molecule has 2 heterocycles. The van der Waals surface area contributed by atoms with Crippen LogP contribution in [0.3, 0.4) is 0 Å². The Balaban J connectivity index is 1.71. The van der Waals surface area contributed by atoms with Crippen molar-refractivity contribution in [2.24, 2.45) is 12.5 Å². The molecule has 240 valence electrons. The summed E-state index contributed by atoms with van der Waals surface area (Å²) >= 11 is 13.1. The van der Waals surface area contributed by atoms with Crippen molar-refractivity contribution >= 4 is 63.5 Å². The second kappa shape index (κ2) is 13.1. The van der Waals surface area contributed by atoms with Gasteiger partial charge in [0.2, 0.25) is 11.9 Å². The van der Waals surface area contributed by atoms with Crippen LogP contribution in [0.4, 0.5) is 39.4 Å². The van der Waals surface area contributed by atoms with E-state index in [4.69, 9.17) is 27.9 Å². The lowest BCUT2D eigenvalue weighted by atomic mass is 9.95. The van der Waals surface area contributed by atoms with E-state index in [-0.39, 0.29) is 51.0 Å². The number of alkyl halides is 5. The fourth-order valence-corrected chi connectivity index (χ4v) is 4.62. The number of anilines is 3. The first-order chi connectivity index (χ1) is 21.0. The van der Waals surface area contributed by atoms with E-state index in [1.165, 1.54) is 16.7 Å². The lowest BCUT2D eigenvalue weighted by Gasteiger charge is -2.19. The van der Waals surface area contributed by atoms with E-state index >= 15 is 0 Å². The normalized spacial score (nSPS) is 12.0. The van der Waals surface area contributed by atoms with E-state index < -0.39 is 41.9 Å². The van der Waals surface area contributed by atoms with Gasteiger partial charge < -0.3 is 25.3 Å². The summed E-state index contributed by atoms with van der Waals surface area (Å²) in [5, 5.41) is 8.32. The Morgan fingerprint density at radius 3 is 2.44 bits per heavy atom. The van der Waals surface area contributed by atoms with Crippen molar-refractivity contribution in [3.05, 3.63) is 69.3 Å². The van der Waals surface area contributed by atoms with Crippen molar-refractivity contribution in [2.75, 3.05) is 17.2 Å². The van der Waals surface area contributed by atoms with Crippen LogP contribution in [0.25, 0.3) is 11.0 Å². The molecule has 0 aliphatic rings. The minimum absolute atomic E-state index is 0.110. The summed E-state index contributed by atoms with van der Waals surface area (Å²) in [7, 11) is 1.58. The summed E-state index contributed by atoms with van der Waals surface area (Å²) in [5.74, 6) is -2.23. The average Bonchev–Trinajstić information content (AvgIpc) is 3.25. The molecule has 0 saturated carbocycles. The van der Waals surface area contributed by atoms with E-state index in [1.54, 1.807) is 40.0 Å². The fraction of sp³-hybridized carbons (Fsp3) is 0.310. The lowest BCUT2D eigenvalue weighted by Crippen LogP contribution is -2.34. The van der Waals surface area contributed by atoms with Crippen LogP contribution in [0.1, 0.15) is 42.3 Å². The number of carbonyl (C=O) groups is 2. The number of nitrogens with one attached hydrogen (secondary N) is 3. The largest absolute Gasteiger partial charge is 0.487 e. The standard InChI is InChI=1S/C29H27Cl2F5N6O3/c1-28(2,3)26(44)38-12-14-7-8-17(30)23(22(14)31)40-27-39-18-10-15(20(45-13-21(32)33)11-19(18)42(27)4)25(43)41-24-16(29(34,35)36)6-5-9-37-24/h5-11,21H,12-13H2,1-4H3,(H,38,44)(H,39,40)(H,37,41,43). The van der Waals surface area contributed by atoms with Gasteiger partial charge in [0.15, 0.2) is 0 Å². The SMILES string of the molecule is Cn1c(Nc2c(Cl)ccc(CNC(=O)C(C)(C)C)c2Cl)nc2cc(C(=O)Nc3ncccc3C(F)(F)F)c(OCC(F)F)cc21. The van der Waals surface area contributed by atoms with Crippen LogP contribution in [0, 0.1) is 5.41 Å². The minimum atomic E-state index is -4.82. The molecule has 0 atom stereocenters. The number of hydrogen-bond donors (Lipinski definition) is 3. The molecular weight excluding hydrogens is 646 g/mol. The minimum Gasteiger partial charge on any atom is -0.487 e. The number of hydrogen-bond acceptors (Lipinski definition) is 6. The van der Waals surface area contributed by atoms with Crippen LogP contribution in [0.5, 0.6) is 5.75 Å². The summed E-state index contributed by atoms with van der Waals surface area (Å²) in [6, 6.07) is 7.46. The van der Waals surface area contributed by atoms with Crippen LogP contribution >= 0.6 is 23.2 Å². The number of fused-ring (bicyclic) bond motifs is 1. The van der Waals surface area contributed by atoms with E-state index in [9.17, 15) is 31.5 Å². The third-order valence-corrected chi connectivity index (χ3v) is 7.21. The predicted molar refractivity (Wildman–Crippen MR) is 160 cm³/mol. The highest BCUT2D eigenvalue weighted by Crippen LogP contribution is 2.38. The van der Waals surface area contributed by atoms with Crippen LogP contribution in [0.2, 0.25) is 10.0 Å². The van der Waals surface area contributed by atoms with Gasteiger partial charge in [-0.1, -0.05) is 50.0 Å². The Morgan fingerprint density at radius 1 is 1.09 bits per heavy atom. The van der Waals surface area contributed by atoms with Crippen LogP contribution in [-0.4, -0.2) is 39.4 Å². The topological polar surface area (TPSA) is 110 Å². The van der Waals surface area contributed by atoms with Gasteiger partial charge in [0.05, 0.1) is 37.9 Å². The Hall–Kier alpha value is -4.17. The number of pyridine rings is 1. The average molecular weight is 673 g/mol. The van der Waals surface area contributed by atoms with Gasteiger partial charge in [-0.3, -0.25) is 9.59 Å². The van der Waals surface area contributed by atoms with Gasteiger partial charge in [-0.15, -0.1) is 0 Å². The number of imidazole rings is 1. The number of nitrogens with zero attached hydrogens (tertiary/aromatic N) is 3. The Kier molecular flexibility index (Phi) is 9.78. The molecule has 16 heteroatoms. The maximum Gasteiger partial charge on any atom is 0.419 e. The Labute approximate surface area is 264 Å². The molecule has 2 aromatic heterocycles. The van der Waals surface area contributed by atoms with Crippen molar-refractivity contribution in [1.29, 1.82) is 0 Å². The summed E-state index contributed by atoms with van der Waals surface area (Å²) in [5.41, 5.74) is -0.915. The van der Waals surface area contributed by atoms with Gasteiger partial charge in [-0.25, -0.2) is 18.7 Å². The highest BCUT2D eigenvalue weighted by molar-refractivity contribution is 6.39. The number of rotatable bonds is 9. The summed E-state index contributed by atoms with van der Waals surface area (Å²) in [4.78, 5) is 33.6. The van der Waals surface area contributed by atoms with Crippen molar-refractivity contribution in [1.82, 2.24) is 19.9 Å². The molecule has 2 aromatic carbocycles. The number of carbonyl (C=O) groups excluding carboxylic acids is 2. The second-order valence-corrected chi connectivity index (χ2v) is 11.6. The lowest BCUT2D eigenvalue weighted by molar-refractivity contribution is -0.137. The van der Waals surface area contributed by atoms with Gasteiger partial charge in [-0.05, 0) is 29.8 Å². The molecule has 0 aliphatic heterocycles. The van der Waals surface area contributed by atoms with Gasteiger partial charge in [-0.2, -0.15) is 13.2 Å². The second-order valence-electron chi connectivity index (χ2n) is 10.8. The molecule has 0 saturated heterocycles. The van der Waals surface area contributed by atoms with Crippen LogP contribution < -0.4 is 20.7 Å². The molecule has 0 unspecified atom stereocenters. The smallest absolute Gasteiger partial charge is 0.419 e. The molecule has 4 rings (SSSR count). The van der Waals surface area contributed by atoms with E-state index in [0.717, 1.165) is 18.3 Å². The van der Waals surface area contributed by atoms with Crippen molar-refractivity contribution in [3.63, 3.8) is 0 Å². The zero-order chi connectivity index (χ0) is 33.3. The molecule has 45 heavy (non-hydrogen) atoms. The number of benzene rings is 2. The molecule has 0 fully saturated rings. The number of aromatic nitrogens is 3. The zero-order valence-electron chi connectivity index (χ0n) is 24.2.